The Labute approximate surface area is 101 Å². The quantitative estimate of drug-likeness (QED) is 0.816. The lowest BCUT2D eigenvalue weighted by atomic mass is 9.91. The first-order valence-corrected chi connectivity index (χ1v) is 5.50. The van der Waals surface area contributed by atoms with Gasteiger partial charge in [0.15, 0.2) is 11.4 Å². The van der Waals surface area contributed by atoms with Gasteiger partial charge in [-0.2, -0.15) is 0 Å². The Morgan fingerprint density at radius 2 is 2.18 bits per heavy atom. The third-order valence-corrected chi connectivity index (χ3v) is 2.64. The maximum atomic E-state index is 11.6. The molecule has 0 bridgehead atoms. The topological polar surface area (TPSA) is 55.8 Å². The molecule has 0 aliphatic carbocycles. The van der Waals surface area contributed by atoms with E-state index in [4.69, 9.17) is 9.47 Å². The van der Waals surface area contributed by atoms with Crippen molar-refractivity contribution in [2.75, 3.05) is 20.3 Å². The van der Waals surface area contributed by atoms with Crippen LogP contribution < -0.4 is 4.74 Å². The van der Waals surface area contributed by atoms with Crippen molar-refractivity contribution >= 4 is 5.78 Å². The Kier molecular flexibility index (Phi) is 4.66. The van der Waals surface area contributed by atoms with Gasteiger partial charge in [-0.15, -0.1) is 0 Å². The average Bonchev–Trinajstić information content (AvgIpc) is 2.35. The zero-order valence-corrected chi connectivity index (χ0v) is 10.4. The Morgan fingerprint density at radius 1 is 1.47 bits per heavy atom. The summed E-state index contributed by atoms with van der Waals surface area (Å²) in [6.45, 7) is 3.55. The number of methoxy groups -OCH3 is 1. The van der Waals surface area contributed by atoms with Crippen molar-refractivity contribution in [3.05, 3.63) is 29.8 Å². The van der Waals surface area contributed by atoms with Crippen LogP contribution in [-0.4, -0.2) is 31.2 Å². The number of ether oxygens (including phenoxy) is 2. The van der Waals surface area contributed by atoms with Crippen LogP contribution in [0.2, 0.25) is 0 Å². The van der Waals surface area contributed by atoms with E-state index in [1.54, 1.807) is 24.3 Å². The van der Waals surface area contributed by atoms with Crippen molar-refractivity contribution in [1.82, 2.24) is 0 Å². The third-order valence-electron chi connectivity index (χ3n) is 2.64. The van der Waals surface area contributed by atoms with Crippen LogP contribution in [-0.2, 0) is 15.1 Å². The molecule has 0 aromatic heterocycles. The number of rotatable bonds is 6. The van der Waals surface area contributed by atoms with Gasteiger partial charge in [0.25, 0.3) is 0 Å². The van der Waals surface area contributed by atoms with Crippen LogP contribution in [0, 0.1) is 0 Å². The molecule has 1 unspecified atom stereocenters. The first-order chi connectivity index (χ1) is 8.04. The van der Waals surface area contributed by atoms with Gasteiger partial charge in [-0.05, 0) is 31.5 Å². The summed E-state index contributed by atoms with van der Waals surface area (Å²) in [6.07, 6.45) is 0. The maximum Gasteiger partial charge on any atom is 0.171 e. The summed E-state index contributed by atoms with van der Waals surface area (Å²) >= 11 is 0. The molecule has 0 heterocycles. The summed E-state index contributed by atoms with van der Waals surface area (Å²) in [5.41, 5.74) is -1.12. The number of carbonyl (C=O) groups excluding carboxylic acids is 1. The van der Waals surface area contributed by atoms with Crippen molar-refractivity contribution in [3.8, 4) is 5.75 Å². The minimum atomic E-state index is -1.61. The Balaban J connectivity index is 3.08. The number of hydrogen-bond acceptors (Lipinski definition) is 4. The van der Waals surface area contributed by atoms with Gasteiger partial charge in [-0.1, -0.05) is 12.1 Å². The van der Waals surface area contributed by atoms with E-state index in [0.29, 0.717) is 17.9 Å². The summed E-state index contributed by atoms with van der Waals surface area (Å²) in [7, 11) is 1.54. The minimum Gasteiger partial charge on any atom is -0.497 e. The predicted octanol–water partition coefficient (Wildman–Crippen LogP) is 1.51. The van der Waals surface area contributed by atoms with E-state index in [9.17, 15) is 9.90 Å². The number of Topliss-reactive ketones (excluding diaryl/α,β-unsaturated/α-hetero) is 1. The zero-order valence-electron chi connectivity index (χ0n) is 10.4. The van der Waals surface area contributed by atoms with Gasteiger partial charge in [0.1, 0.15) is 5.75 Å². The predicted molar refractivity (Wildman–Crippen MR) is 64.1 cm³/mol. The van der Waals surface area contributed by atoms with E-state index < -0.39 is 5.60 Å². The molecule has 1 N–H and O–H groups in total. The first-order valence-electron chi connectivity index (χ1n) is 5.50. The van der Waals surface area contributed by atoms with Gasteiger partial charge in [-0.25, -0.2) is 0 Å². The van der Waals surface area contributed by atoms with E-state index in [2.05, 4.69) is 0 Å². The molecule has 0 saturated heterocycles. The monoisotopic (exact) mass is 238 g/mol. The van der Waals surface area contributed by atoms with Gasteiger partial charge >= 0.3 is 0 Å². The molecular weight excluding hydrogens is 220 g/mol. The Morgan fingerprint density at radius 3 is 2.71 bits per heavy atom. The molecule has 0 saturated carbocycles. The first kappa shape index (κ1) is 13.7. The van der Waals surface area contributed by atoms with Crippen molar-refractivity contribution < 1.29 is 19.4 Å². The SMILES string of the molecule is CCOCC(O)(C(C)=O)c1cccc(OC)c1. The molecule has 1 aromatic carbocycles. The van der Waals surface area contributed by atoms with Crippen LogP contribution in [0.4, 0.5) is 0 Å². The number of ketones is 1. The highest BCUT2D eigenvalue weighted by Gasteiger charge is 2.35. The highest BCUT2D eigenvalue weighted by molar-refractivity contribution is 5.86. The van der Waals surface area contributed by atoms with Crippen LogP contribution in [0.3, 0.4) is 0 Å². The molecular formula is C13H18O4. The lowest BCUT2D eigenvalue weighted by molar-refractivity contribution is -0.143. The van der Waals surface area contributed by atoms with E-state index in [1.165, 1.54) is 14.0 Å². The molecule has 0 aliphatic rings. The maximum absolute atomic E-state index is 11.6. The smallest absolute Gasteiger partial charge is 0.171 e. The summed E-state index contributed by atoms with van der Waals surface area (Å²) < 4.78 is 10.2. The molecule has 0 radical (unpaired) electrons. The van der Waals surface area contributed by atoms with Gasteiger partial charge in [-0.3, -0.25) is 4.79 Å². The fourth-order valence-electron chi connectivity index (χ4n) is 1.52. The highest BCUT2D eigenvalue weighted by Crippen LogP contribution is 2.26. The van der Waals surface area contributed by atoms with Gasteiger partial charge < -0.3 is 14.6 Å². The molecule has 0 aliphatic heterocycles. The number of benzene rings is 1. The lowest BCUT2D eigenvalue weighted by Crippen LogP contribution is -2.39. The fraction of sp³-hybridized carbons (Fsp3) is 0.462. The third kappa shape index (κ3) is 3.05. The summed E-state index contributed by atoms with van der Waals surface area (Å²) in [6, 6.07) is 6.81. The molecule has 0 spiro atoms. The van der Waals surface area contributed by atoms with E-state index in [1.807, 2.05) is 6.92 Å². The molecule has 17 heavy (non-hydrogen) atoms. The van der Waals surface area contributed by atoms with E-state index in [0.717, 1.165) is 0 Å². The van der Waals surface area contributed by atoms with Gasteiger partial charge in [0, 0.05) is 6.61 Å². The molecule has 1 atom stereocenters. The van der Waals surface area contributed by atoms with Gasteiger partial charge in [0.05, 0.1) is 13.7 Å². The van der Waals surface area contributed by atoms with Crippen LogP contribution in [0.1, 0.15) is 19.4 Å². The van der Waals surface area contributed by atoms with Crippen LogP contribution in [0.25, 0.3) is 0 Å². The minimum absolute atomic E-state index is 0.0496. The van der Waals surface area contributed by atoms with Crippen molar-refractivity contribution in [3.63, 3.8) is 0 Å². The van der Waals surface area contributed by atoms with E-state index >= 15 is 0 Å². The van der Waals surface area contributed by atoms with Crippen molar-refractivity contribution in [1.29, 1.82) is 0 Å². The Hall–Kier alpha value is -1.39. The summed E-state index contributed by atoms with van der Waals surface area (Å²) in [5.74, 6) is 0.248. The normalized spacial score (nSPS) is 14.1. The fourth-order valence-corrected chi connectivity index (χ4v) is 1.52. The summed E-state index contributed by atoms with van der Waals surface area (Å²) in [5, 5.41) is 10.4. The van der Waals surface area contributed by atoms with Crippen LogP contribution in [0.15, 0.2) is 24.3 Å². The number of aliphatic hydroxyl groups is 1. The summed E-state index contributed by atoms with van der Waals surface area (Å²) in [4.78, 5) is 11.6. The Bertz CT molecular complexity index is 389. The highest BCUT2D eigenvalue weighted by atomic mass is 16.5. The second kappa shape index (κ2) is 5.80. The lowest BCUT2D eigenvalue weighted by Gasteiger charge is -2.25. The van der Waals surface area contributed by atoms with Gasteiger partial charge in [0.2, 0.25) is 0 Å². The van der Waals surface area contributed by atoms with E-state index in [-0.39, 0.29) is 12.4 Å². The largest absolute Gasteiger partial charge is 0.497 e. The number of hydrogen-bond donors (Lipinski definition) is 1. The van der Waals surface area contributed by atoms with Crippen molar-refractivity contribution in [2.24, 2.45) is 0 Å². The molecule has 0 fully saturated rings. The standard InChI is InChI=1S/C13H18O4/c1-4-17-9-13(15,10(2)14)11-6-5-7-12(8-11)16-3/h5-8,15H,4,9H2,1-3H3. The zero-order chi connectivity index (χ0) is 12.9. The van der Waals surface area contributed by atoms with Crippen LogP contribution >= 0.6 is 0 Å². The second-order valence-electron chi connectivity index (χ2n) is 3.79. The molecule has 94 valence electrons. The van der Waals surface area contributed by atoms with Crippen LogP contribution in [0.5, 0.6) is 5.75 Å². The van der Waals surface area contributed by atoms with Crippen molar-refractivity contribution in [2.45, 2.75) is 19.4 Å². The molecule has 1 rings (SSSR count). The molecule has 1 aromatic rings. The molecule has 4 nitrogen and oxygen atoms in total. The average molecular weight is 238 g/mol. The number of carbonyl (C=O) groups is 1. The molecule has 0 amide bonds. The molecule has 4 heteroatoms. The second-order valence-corrected chi connectivity index (χ2v) is 3.79.